The number of carbonyl (C=O) groups is 1. The first-order valence-corrected chi connectivity index (χ1v) is 12.4. The Labute approximate surface area is 203 Å². The van der Waals surface area contributed by atoms with Gasteiger partial charge in [0, 0.05) is 16.8 Å². The van der Waals surface area contributed by atoms with Crippen LogP contribution in [0.15, 0.2) is 90.0 Å². The Morgan fingerprint density at radius 3 is 2.58 bits per heavy atom. The Bertz CT molecular complexity index is 1320. The Morgan fingerprint density at radius 2 is 1.82 bits per heavy atom. The van der Waals surface area contributed by atoms with Gasteiger partial charge in [-0.3, -0.25) is 0 Å². The highest BCUT2D eigenvalue weighted by atomic mass is 35.5. The van der Waals surface area contributed by atoms with Gasteiger partial charge in [0.2, 0.25) is 0 Å². The van der Waals surface area contributed by atoms with Crippen molar-refractivity contribution in [2.45, 2.75) is 24.4 Å². The fourth-order valence-corrected chi connectivity index (χ4v) is 5.08. The number of anilines is 1. The zero-order valence-electron chi connectivity index (χ0n) is 18.5. The molecular formula is C27H24ClN3OS. The average molecular weight is 474 g/mol. The minimum absolute atomic E-state index is 0.191. The summed E-state index contributed by atoms with van der Waals surface area (Å²) in [5.74, 6) is 0. The van der Waals surface area contributed by atoms with Crippen molar-refractivity contribution in [3.05, 3.63) is 112 Å². The molecule has 6 heteroatoms. The maximum atomic E-state index is 13.7. The van der Waals surface area contributed by atoms with Crippen LogP contribution in [0.1, 0.15) is 28.4 Å². The van der Waals surface area contributed by atoms with Crippen LogP contribution in [-0.4, -0.2) is 21.8 Å². The van der Waals surface area contributed by atoms with Gasteiger partial charge in [0.1, 0.15) is 0 Å². The third-order valence-electron chi connectivity index (χ3n) is 6.02. The van der Waals surface area contributed by atoms with Gasteiger partial charge in [0.15, 0.2) is 0 Å². The average Bonchev–Trinajstić information content (AvgIpc) is 3.25. The molecule has 1 N–H and O–H groups in total. The van der Waals surface area contributed by atoms with Gasteiger partial charge >= 0.3 is 6.03 Å². The number of halogens is 1. The van der Waals surface area contributed by atoms with Crippen LogP contribution in [0.25, 0.3) is 5.69 Å². The molecule has 0 fully saturated rings. The molecule has 1 atom stereocenters. The molecule has 0 aliphatic carbocycles. The van der Waals surface area contributed by atoms with Gasteiger partial charge in [-0.05, 0) is 72.3 Å². The van der Waals surface area contributed by atoms with Gasteiger partial charge in [-0.2, -0.15) is 0 Å². The van der Waals surface area contributed by atoms with Crippen LogP contribution in [0, 0.1) is 6.92 Å². The number of fused-ring (bicyclic) bond motifs is 3. The molecule has 0 saturated carbocycles. The van der Waals surface area contributed by atoms with Gasteiger partial charge in [-0.25, -0.2) is 4.79 Å². The Balaban J connectivity index is 1.62. The molecule has 1 unspecified atom stereocenters. The van der Waals surface area contributed by atoms with E-state index in [1.165, 1.54) is 4.90 Å². The molecule has 3 aromatic carbocycles. The van der Waals surface area contributed by atoms with E-state index in [9.17, 15) is 4.79 Å². The number of carbonyl (C=O) groups excluding carboxylic acids is 1. The number of amides is 2. The minimum atomic E-state index is -0.257. The van der Waals surface area contributed by atoms with Gasteiger partial charge in [-0.1, -0.05) is 48.0 Å². The third-order valence-corrected chi connectivity index (χ3v) is 7.08. The molecule has 4 nitrogen and oxygen atoms in total. The number of urea groups is 1. The number of para-hydroxylation sites is 1. The van der Waals surface area contributed by atoms with E-state index in [2.05, 4.69) is 64.8 Å². The Morgan fingerprint density at radius 1 is 1.03 bits per heavy atom. The van der Waals surface area contributed by atoms with E-state index >= 15 is 0 Å². The molecule has 5 rings (SSSR count). The monoisotopic (exact) mass is 473 g/mol. The summed E-state index contributed by atoms with van der Waals surface area (Å²) in [6.07, 6.45) is 4.13. The second-order valence-corrected chi connectivity index (χ2v) is 9.44. The first-order chi connectivity index (χ1) is 16.0. The molecule has 166 valence electrons. The molecule has 0 saturated heterocycles. The summed E-state index contributed by atoms with van der Waals surface area (Å²) < 4.78 is 2.19. The van der Waals surface area contributed by atoms with E-state index < -0.39 is 0 Å². The second kappa shape index (κ2) is 9.00. The number of aryl methyl sites for hydroxylation is 1. The molecule has 1 aliphatic rings. The van der Waals surface area contributed by atoms with Crippen LogP contribution in [0.2, 0.25) is 5.02 Å². The smallest absolute Gasteiger partial charge is 0.318 e. The van der Waals surface area contributed by atoms with Crippen molar-refractivity contribution in [3.8, 4) is 5.69 Å². The van der Waals surface area contributed by atoms with Crippen LogP contribution in [0.4, 0.5) is 10.5 Å². The number of nitrogens with zero attached hydrogens (tertiary/aromatic N) is 2. The quantitative estimate of drug-likeness (QED) is 0.317. The summed E-state index contributed by atoms with van der Waals surface area (Å²) in [5.41, 5.74) is 5.94. The number of aromatic nitrogens is 1. The maximum absolute atomic E-state index is 13.7. The fourth-order valence-electron chi connectivity index (χ4n) is 4.38. The minimum Gasteiger partial charge on any atom is -0.318 e. The van der Waals surface area contributed by atoms with Crippen LogP contribution in [-0.2, 0) is 6.54 Å². The van der Waals surface area contributed by atoms with Crippen LogP contribution >= 0.6 is 23.4 Å². The summed E-state index contributed by atoms with van der Waals surface area (Å²) in [6, 6.07) is 26.0. The van der Waals surface area contributed by atoms with Crippen LogP contribution < -0.4 is 5.32 Å². The summed E-state index contributed by atoms with van der Waals surface area (Å²) in [5, 5.41) is 3.58. The normalized spacial score (nSPS) is 14.9. The largest absolute Gasteiger partial charge is 0.323 e. The van der Waals surface area contributed by atoms with Crippen molar-refractivity contribution in [2.24, 2.45) is 0 Å². The lowest BCUT2D eigenvalue weighted by atomic mass is 10.0. The van der Waals surface area contributed by atoms with Crippen molar-refractivity contribution < 1.29 is 4.79 Å². The fraction of sp³-hybridized carbons (Fsp3) is 0.148. The Kier molecular flexibility index (Phi) is 5.92. The predicted molar refractivity (Wildman–Crippen MR) is 137 cm³/mol. The molecular weight excluding hydrogens is 450 g/mol. The highest BCUT2D eigenvalue weighted by molar-refractivity contribution is 7.98. The summed E-state index contributed by atoms with van der Waals surface area (Å²) >= 11 is 8.14. The topological polar surface area (TPSA) is 37.3 Å². The second-order valence-electron chi connectivity index (χ2n) is 8.15. The molecule has 2 heterocycles. The lowest BCUT2D eigenvalue weighted by Gasteiger charge is -2.31. The van der Waals surface area contributed by atoms with Gasteiger partial charge < -0.3 is 14.8 Å². The lowest BCUT2D eigenvalue weighted by Crippen LogP contribution is -2.38. The molecule has 33 heavy (non-hydrogen) atoms. The number of hydrogen-bond acceptors (Lipinski definition) is 2. The van der Waals surface area contributed by atoms with Gasteiger partial charge in [0.25, 0.3) is 0 Å². The molecule has 4 aromatic rings. The third kappa shape index (κ3) is 4.14. The van der Waals surface area contributed by atoms with Crippen molar-refractivity contribution in [1.82, 2.24) is 9.47 Å². The van der Waals surface area contributed by atoms with E-state index in [1.54, 1.807) is 11.8 Å². The zero-order valence-corrected chi connectivity index (χ0v) is 20.0. The van der Waals surface area contributed by atoms with Crippen molar-refractivity contribution >= 4 is 35.1 Å². The Hall–Kier alpha value is -3.15. The van der Waals surface area contributed by atoms with Crippen molar-refractivity contribution in [1.29, 1.82) is 0 Å². The van der Waals surface area contributed by atoms with E-state index in [0.717, 1.165) is 28.1 Å². The van der Waals surface area contributed by atoms with E-state index in [1.807, 2.05) is 48.2 Å². The lowest BCUT2D eigenvalue weighted by molar-refractivity contribution is 0.194. The number of hydrogen-bond donors (Lipinski definition) is 1. The molecule has 2 amide bonds. The van der Waals surface area contributed by atoms with E-state index in [4.69, 9.17) is 11.6 Å². The van der Waals surface area contributed by atoms with Gasteiger partial charge in [-0.15, -0.1) is 11.8 Å². The van der Waals surface area contributed by atoms with Crippen LogP contribution in [0.5, 0.6) is 0 Å². The van der Waals surface area contributed by atoms with Crippen molar-refractivity contribution in [3.63, 3.8) is 0 Å². The summed E-state index contributed by atoms with van der Waals surface area (Å²) in [7, 11) is 0. The molecule has 0 spiro atoms. The molecule has 1 aromatic heterocycles. The predicted octanol–water partition coefficient (Wildman–Crippen LogP) is 7.30. The van der Waals surface area contributed by atoms with Crippen LogP contribution in [0.3, 0.4) is 0 Å². The number of rotatable bonds is 3. The molecule has 1 aliphatic heterocycles. The highest BCUT2D eigenvalue weighted by Gasteiger charge is 2.33. The number of benzene rings is 3. The highest BCUT2D eigenvalue weighted by Crippen LogP contribution is 2.37. The standard InChI is InChI=1S/C27H24ClN3OS/c1-18-9-14-23(22(28)16-18)29-27(32)31-17-20-6-3-4-7-24(20)30-15-5-8-25(30)26(31)19-10-12-21(33-2)13-11-19/h3-16,26H,17H2,1-2H3,(H,29,32). The van der Waals surface area contributed by atoms with E-state index in [-0.39, 0.29) is 12.1 Å². The first-order valence-electron chi connectivity index (χ1n) is 10.8. The maximum Gasteiger partial charge on any atom is 0.323 e. The number of thioether (sulfide) groups is 1. The first kappa shape index (κ1) is 21.7. The summed E-state index contributed by atoms with van der Waals surface area (Å²) in [6.45, 7) is 2.45. The number of nitrogens with one attached hydrogen (secondary N) is 1. The van der Waals surface area contributed by atoms with Gasteiger partial charge in [0.05, 0.1) is 29.0 Å². The van der Waals surface area contributed by atoms with Crippen molar-refractivity contribution in [2.75, 3.05) is 11.6 Å². The SMILES string of the molecule is CSc1ccc(C2c3cccn3-c3ccccc3CN2C(=O)Nc2ccc(C)cc2Cl)cc1. The molecule has 0 radical (unpaired) electrons. The van der Waals surface area contributed by atoms with E-state index in [0.29, 0.717) is 17.3 Å². The molecule has 0 bridgehead atoms. The summed E-state index contributed by atoms with van der Waals surface area (Å²) in [4.78, 5) is 16.8. The zero-order chi connectivity index (χ0) is 22.9.